The molecule has 0 unspecified atom stereocenters. The summed E-state index contributed by atoms with van der Waals surface area (Å²) in [6.07, 6.45) is 2.10. The maximum atomic E-state index is 13.7. The molecule has 1 fully saturated rings. The van der Waals surface area contributed by atoms with E-state index in [0.29, 0.717) is 30.6 Å². The largest absolute Gasteiger partial charge is 0.370 e. The number of carbonyl (C=O) groups excluding carboxylic acids is 2. The second-order valence-corrected chi connectivity index (χ2v) is 6.76. The van der Waals surface area contributed by atoms with Gasteiger partial charge >= 0.3 is 6.03 Å². The predicted octanol–water partition coefficient (Wildman–Crippen LogP) is 2.80. The fraction of sp³-hybridized carbons (Fsp3) is 0.556. The van der Waals surface area contributed by atoms with Crippen molar-refractivity contribution >= 4 is 11.9 Å². The van der Waals surface area contributed by atoms with Gasteiger partial charge in [0, 0.05) is 19.5 Å². The standard InChI is InChI=1S/C18H26FN3O2/c1-11-7-15(8-12(2)17(11)19)13(3)21-18(24)22-6-4-5-14(10-22)9-16(20)23/h7-8,13-14H,4-6,9-10H2,1-3H3,(H2,20,23)(H,21,24)/t13-,14+/m0/s1. The molecule has 0 radical (unpaired) electrons. The number of nitrogens with one attached hydrogen (secondary N) is 1. The Morgan fingerprint density at radius 2 is 2.00 bits per heavy atom. The highest BCUT2D eigenvalue weighted by molar-refractivity contribution is 5.76. The summed E-state index contributed by atoms with van der Waals surface area (Å²) >= 11 is 0. The molecule has 2 atom stereocenters. The van der Waals surface area contributed by atoms with Gasteiger partial charge in [0.1, 0.15) is 5.82 Å². The van der Waals surface area contributed by atoms with Crippen LogP contribution in [0.3, 0.4) is 0 Å². The van der Waals surface area contributed by atoms with Gasteiger partial charge in [0.15, 0.2) is 0 Å². The van der Waals surface area contributed by atoms with Gasteiger partial charge in [-0.05, 0) is 56.2 Å². The number of hydrogen-bond donors (Lipinski definition) is 2. The van der Waals surface area contributed by atoms with Crippen molar-refractivity contribution in [2.75, 3.05) is 13.1 Å². The van der Waals surface area contributed by atoms with Gasteiger partial charge in [0.2, 0.25) is 5.91 Å². The molecule has 6 heteroatoms. The monoisotopic (exact) mass is 335 g/mol. The summed E-state index contributed by atoms with van der Waals surface area (Å²) in [6, 6.07) is 3.15. The van der Waals surface area contributed by atoms with Crippen LogP contribution in [0.5, 0.6) is 0 Å². The van der Waals surface area contributed by atoms with Crippen molar-refractivity contribution in [3.63, 3.8) is 0 Å². The van der Waals surface area contributed by atoms with Crippen LogP contribution in [0, 0.1) is 25.6 Å². The van der Waals surface area contributed by atoms with Gasteiger partial charge in [-0.3, -0.25) is 4.79 Å². The number of piperidine rings is 1. The molecular weight excluding hydrogens is 309 g/mol. The molecule has 132 valence electrons. The SMILES string of the molecule is Cc1cc([C@H](C)NC(=O)N2CCC[C@H](CC(N)=O)C2)cc(C)c1F. The zero-order valence-electron chi connectivity index (χ0n) is 14.6. The molecule has 3 amide bonds. The van der Waals surface area contributed by atoms with Crippen molar-refractivity contribution in [3.8, 4) is 0 Å². The Hall–Kier alpha value is -2.11. The summed E-state index contributed by atoms with van der Waals surface area (Å²) in [5.74, 6) is -0.400. The predicted molar refractivity (Wildman–Crippen MR) is 90.9 cm³/mol. The molecule has 1 aromatic rings. The molecule has 1 aromatic carbocycles. The molecule has 5 nitrogen and oxygen atoms in total. The van der Waals surface area contributed by atoms with E-state index in [-0.39, 0.29) is 29.7 Å². The van der Waals surface area contributed by atoms with E-state index < -0.39 is 0 Å². The average Bonchev–Trinajstić information content (AvgIpc) is 2.51. The number of primary amides is 1. The number of nitrogens with two attached hydrogens (primary N) is 1. The highest BCUT2D eigenvalue weighted by atomic mass is 19.1. The van der Waals surface area contributed by atoms with Crippen LogP contribution in [0.15, 0.2) is 12.1 Å². The van der Waals surface area contributed by atoms with Gasteiger partial charge in [-0.15, -0.1) is 0 Å². The van der Waals surface area contributed by atoms with Crippen LogP contribution in [0.1, 0.15) is 48.9 Å². The molecular formula is C18H26FN3O2. The van der Waals surface area contributed by atoms with Crippen LogP contribution >= 0.6 is 0 Å². The van der Waals surface area contributed by atoms with E-state index in [1.165, 1.54) is 0 Å². The number of amides is 3. The number of rotatable bonds is 4. The van der Waals surface area contributed by atoms with Gasteiger partial charge in [-0.1, -0.05) is 12.1 Å². The lowest BCUT2D eigenvalue weighted by Gasteiger charge is -2.33. The molecule has 1 heterocycles. The molecule has 2 rings (SSSR count). The zero-order valence-corrected chi connectivity index (χ0v) is 14.6. The van der Waals surface area contributed by atoms with E-state index in [1.54, 1.807) is 30.9 Å². The smallest absolute Gasteiger partial charge is 0.317 e. The van der Waals surface area contributed by atoms with Crippen LogP contribution in [-0.4, -0.2) is 29.9 Å². The Labute approximate surface area is 142 Å². The molecule has 1 saturated heterocycles. The number of carbonyl (C=O) groups is 2. The van der Waals surface area contributed by atoms with Crippen LogP contribution in [-0.2, 0) is 4.79 Å². The van der Waals surface area contributed by atoms with Crippen molar-refractivity contribution in [2.45, 2.75) is 46.1 Å². The second kappa shape index (κ2) is 7.64. The molecule has 0 saturated carbocycles. The van der Waals surface area contributed by atoms with E-state index in [2.05, 4.69) is 5.32 Å². The minimum atomic E-state index is -0.326. The maximum absolute atomic E-state index is 13.7. The first kappa shape index (κ1) is 18.2. The van der Waals surface area contributed by atoms with Crippen LogP contribution < -0.4 is 11.1 Å². The lowest BCUT2D eigenvalue weighted by Crippen LogP contribution is -2.46. The van der Waals surface area contributed by atoms with Crippen molar-refractivity contribution < 1.29 is 14.0 Å². The summed E-state index contributed by atoms with van der Waals surface area (Å²) < 4.78 is 13.7. The third kappa shape index (κ3) is 4.46. The minimum Gasteiger partial charge on any atom is -0.370 e. The molecule has 0 aliphatic carbocycles. The topological polar surface area (TPSA) is 75.4 Å². The third-order valence-corrected chi connectivity index (χ3v) is 4.59. The number of urea groups is 1. The Bertz CT molecular complexity index is 610. The lowest BCUT2D eigenvalue weighted by molar-refractivity contribution is -0.119. The Morgan fingerprint density at radius 1 is 1.38 bits per heavy atom. The normalized spacial score (nSPS) is 19.0. The van der Waals surface area contributed by atoms with Gasteiger partial charge in [0.05, 0.1) is 6.04 Å². The molecule has 3 N–H and O–H groups in total. The maximum Gasteiger partial charge on any atom is 0.317 e. The molecule has 0 spiro atoms. The summed E-state index contributed by atoms with van der Waals surface area (Å²) in [5.41, 5.74) is 7.28. The average molecular weight is 335 g/mol. The van der Waals surface area contributed by atoms with Gasteiger partial charge in [0.25, 0.3) is 0 Å². The van der Waals surface area contributed by atoms with E-state index >= 15 is 0 Å². The summed E-state index contributed by atoms with van der Waals surface area (Å²) in [4.78, 5) is 25.3. The van der Waals surface area contributed by atoms with Gasteiger partial charge in [-0.2, -0.15) is 0 Å². The van der Waals surface area contributed by atoms with Crippen molar-refractivity contribution in [2.24, 2.45) is 11.7 Å². The molecule has 24 heavy (non-hydrogen) atoms. The number of likely N-dealkylation sites (tertiary alicyclic amines) is 1. The molecule has 0 aromatic heterocycles. The molecule has 0 bridgehead atoms. The number of halogens is 1. The first-order chi connectivity index (χ1) is 11.3. The van der Waals surface area contributed by atoms with E-state index in [0.717, 1.165) is 18.4 Å². The summed E-state index contributed by atoms with van der Waals surface area (Å²) in [6.45, 7) is 6.55. The second-order valence-electron chi connectivity index (χ2n) is 6.76. The van der Waals surface area contributed by atoms with E-state index in [4.69, 9.17) is 5.73 Å². The van der Waals surface area contributed by atoms with Crippen molar-refractivity contribution in [1.82, 2.24) is 10.2 Å². The summed E-state index contributed by atoms with van der Waals surface area (Å²) in [7, 11) is 0. The molecule has 1 aliphatic heterocycles. The first-order valence-corrected chi connectivity index (χ1v) is 8.38. The zero-order chi connectivity index (χ0) is 17.9. The van der Waals surface area contributed by atoms with Crippen molar-refractivity contribution in [1.29, 1.82) is 0 Å². The highest BCUT2D eigenvalue weighted by Crippen LogP contribution is 2.22. The molecule has 1 aliphatic rings. The van der Waals surface area contributed by atoms with Crippen LogP contribution in [0.4, 0.5) is 9.18 Å². The van der Waals surface area contributed by atoms with E-state index in [9.17, 15) is 14.0 Å². The third-order valence-electron chi connectivity index (χ3n) is 4.59. The minimum absolute atomic E-state index is 0.132. The number of benzene rings is 1. The number of nitrogens with zero attached hydrogens (tertiary/aromatic N) is 1. The van der Waals surface area contributed by atoms with Crippen molar-refractivity contribution in [3.05, 3.63) is 34.6 Å². The quantitative estimate of drug-likeness (QED) is 0.888. The van der Waals surface area contributed by atoms with Gasteiger partial charge in [-0.25, -0.2) is 9.18 Å². The van der Waals surface area contributed by atoms with Gasteiger partial charge < -0.3 is 16.0 Å². The fourth-order valence-corrected chi connectivity index (χ4v) is 3.29. The Morgan fingerprint density at radius 3 is 2.58 bits per heavy atom. The Balaban J connectivity index is 1.99. The van der Waals surface area contributed by atoms with E-state index in [1.807, 2.05) is 6.92 Å². The fourth-order valence-electron chi connectivity index (χ4n) is 3.29. The number of hydrogen-bond acceptors (Lipinski definition) is 2. The van der Waals surface area contributed by atoms with Crippen LogP contribution in [0.25, 0.3) is 0 Å². The highest BCUT2D eigenvalue weighted by Gasteiger charge is 2.25. The lowest BCUT2D eigenvalue weighted by atomic mass is 9.95. The first-order valence-electron chi connectivity index (χ1n) is 8.38. The van der Waals surface area contributed by atoms with Crippen LogP contribution in [0.2, 0.25) is 0 Å². The number of aryl methyl sites for hydroxylation is 2. The Kier molecular flexibility index (Phi) is 5.80. The summed E-state index contributed by atoms with van der Waals surface area (Å²) in [5, 5.41) is 2.96.